The molecule has 0 aromatic heterocycles. The molecule has 2 aromatic rings. The van der Waals surface area contributed by atoms with Crippen LogP contribution in [0, 0.1) is 13.8 Å². The fourth-order valence-corrected chi connectivity index (χ4v) is 3.63. The predicted molar refractivity (Wildman–Crippen MR) is 96.1 cm³/mol. The molecule has 0 atom stereocenters. The number of sulfonamides is 1. The van der Waals surface area contributed by atoms with Gasteiger partial charge in [-0.3, -0.25) is 0 Å². The van der Waals surface area contributed by atoms with Gasteiger partial charge in [-0.1, -0.05) is 17.7 Å². The maximum absolute atomic E-state index is 12.4. The second-order valence-corrected chi connectivity index (χ2v) is 7.30. The van der Waals surface area contributed by atoms with E-state index in [0.717, 1.165) is 5.56 Å². The number of aryl methyl sites for hydroxylation is 2. The molecule has 0 spiro atoms. The Morgan fingerprint density at radius 1 is 0.920 bits per heavy atom. The van der Waals surface area contributed by atoms with Crippen molar-refractivity contribution in [2.45, 2.75) is 18.7 Å². The van der Waals surface area contributed by atoms with Crippen molar-refractivity contribution in [2.75, 3.05) is 27.4 Å². The molecule has 0 saturated carbocycles. The minimum Gasteiger partial charge on any atom is -0.496 e. The molecule has 0 saturated heterocycles. The van der Waals surface area contributed by atoms with Crippen LogP contribution in [0.4, 0.5) is 0 Å². The summed E-state index contributed by atoms with van der Waals surface area (Å²) in [4.78, 5) is 0.279. The highest BCUT2D eigenvalue weighted by molar-refractivity contribution is 7.89. The Morgan fingerprint density at radius 3 is 2.08 bits per heavy atom. The van der Waals surface area contributed by atoms with Crippen molar-refractivity contribution in [3.05, 3.63) is 47.5 Å². The van der Waals surface area contributed by atoms with E-state index in [4.69, 9.17) is 14.2 Å². The maximum Gasteiger partial charge on any atom is 0.240 e. The van der Waals surface area contributed by atoms with Gasteiger partial charge in [0.25, 0.3) is 0 Å². The SMILES string of the molecule is COc1cc(OC)cc(OCCNS(=O)(=O)c2ccc(C)cc2C)c1. The number of nitrogens with one attached hydrogen (secondary N) is 1. The fourth-order valence-electron chi connectivity index (χ4n) is 2.39. The first-order valence-corrected chi connectivity index (χ1v) is 9.27. The van der Waals surface area contributed by atoms with E-state index >= 15 is 0 Å². The van der Waals surface area contributed by atoms with Gasteiger partial charge in [-0.25, -0.2) is 13.1 Å². The van der Waals surface area contributed by atoms with E-state index in [-0.39, 0.29) is 18.0 Å². The Hall–Kier alpha value is -2.25. The minimum atomic E-state index is -3.57. The molecule has 0 fully saturated rings. The van der Waals surface area contributed by atoms with Crippen LogP contribution in [-0.2, 0) is 10.0 Å². The summed E-state index contributed by atoms with van der Waals surface area (Å²) in [5.41, 5.74) is 1.73. The molecule has 0 bridgehead atoms. The lowest BCUT2D eigenvalue weighted by Gasteiger charge is -2.12. The quantitative estimate of drug-likeness (QED) is 0.728. The van der Waals surface area contributed by atoms with Crippen molar-refractivity contribution in [1.29, 1.82) is 0 Å². The van der Waals surface area contributed by atoms with Gasteiger partial charge < -0.3 is 14.2 Å². The molecule has 0 aliphatic heterocycles. The van der Waals surface area contributed by atoms with Gasteiger partial charge >= 0.3 is 0 Å². The first-order chi connectivity index (χ1) is 11.9. The summed E-state index contributed by atoms with van der Waals surface area (Å²) < 4.78 is 43.2. The van der Waals surface area contributed by atoms with Gasteiger partial charge in [0.1, 0.15) is 23.9 Å². The molecule has 6 nitrogen and oxygen atoms in total. The monoisotopic (exact) mass is 365 g/mol. The second-order valence-electron chi connectivity index (χ2n) is 5.56. The third-order valence-electron chi connectivity index (χ3n) is 3.61. The Bertz CT molecular complexity index is 811. The largest absolute Gasteiger partial charge is 0.496 e. The van der Waals surface area contributed by atoms with Crippen molar-refractivity contribution < 1.29 is 22.6 Å². The molecule has 25 heavy (non-hydrogen) atoms. The predicted octanol–water partition coefficient (Wildman–Crippen LogP) is 2.68. The van der Waals surface area contributed by atoms with Crippen LogP contribution in [0.2, 0.25) is 0 Å². The van der Waals surface area contributed by atoms with E-state index in [9.17, 15) is 8.42 Å². The second kappa shape index (κ2) is 8.22. The number of rotatable bonds is 8. The molecule has 2 rings (SSSR count). The molecular weight excluding hydrogens is 342 g/mol. The molecule has 0 amide bonds. The molecule has 0 aliphatic carbocycles. The molecular formula is C18H23NO5S. The maximum atomic E-state index is 12.4. The van der Waals surface area contributed by atoms with Crippen LogP contribution in [0.1, 0.15) is 11.1 Å². The number of ether oxygens (including phenoxy) is 3. The van der Waals surface area contributed by atoms with Crippen LogP contribution < -0.4 is 18.9 Å². The molecule has 2 aromatic carbocycles. The molecule has 0 aliphatic rings. The summed E-state index contributed by atoms with van der Waals surface area (Å²) in [5.74, 6) is 1.75. The normalized spacial score (nSPS) is 11.2. The van der Waals surface area contributed by atoms with E-state index < -0.39 is 10.0 Å². The molecule has 1 N–H and O–H groups in total. The van der Waals surface area contributed by atoms with Gasteiger partial charge in [-0.2, -0.15) is 0 Å². The van der Waals surface area contributed by atoms with E-state index in [1.165, 1.54) is 0 Å². The van der Waals surface area contributed by atoms with Crippen molar-refractivity contribution in [3.63, 3.8) is 0 Å². The third-order valence-corrected chi connectivity index (χ3v) is 5.23. The summed E-state index contributed by atoms with van der Waals surface area (Å²) in [6.07, 6.45) is 0. The van der Waals surface area contributed by atoms with Crippen molar-refractivity contribution in [2.24, 2.45) is 0 Å². The van der Waals surface area contributed by atoms with Gasteiger partial charge in [0.2, 0.25) is 10.0 Å². The Balaban J connectivity index is 1.96. The van der Waals surface area contributed by atoms with E-state index in [2.05, 4.69) is 4.72 Å². The molecule has 0 heterocycles. The lowest BCUT2D eigenvalue weighted by molar-refractivity contribution is 0.316. The van der Waals surface area contributed by atoms with Crippen LogP contribution in [0.5, 0.6) is 17.2 Å². The molecule has 0 unspecified atom stereocenters. The van der Waals surface area contributed by atoms with E-state index in [1.807, 2.05) is 13.0 Å². The molecule has 0 radical (unpaired) electrons. The van der Waals surface area contributed by atoms with Gasteiger partial charge in [-0.15, -0.1) is 0 Å². The summed E-state index contributed by atoms with van der Waals surface area (Å²) >= 11 is 0. The number of benzene rings is 2. The molecule has 136 valence electrons. The Labute approximate surface area is 148 Å². The van der Waals surface area contributed by atoms with Gasteiger partial charge in [0, 0.05) is 24.7 Å². The zero-order chi connectivity index (χ0) is 18.4. The van der Waals surface area contributed by atoms with Gasteiger partial charge in [0.05, 0.1) is 19.1 Å². The summed E-state index contributed by atoms with van der Waals surface area (Å²) in [6.45, 7) is 4.03. The first kappa shape index (κ1) is 19.1. The van der Waals surface area contributed by atoms with Gasteiger partial charge in [0.15, 0.2) is 0 Å². The van der Waals surface area contributed by atoms with Crippen molar-refractivity contribution in [3.8, 4) is 17.2 Å². The first-order valence-electron chi connectivity index (χ1n) is 7.78. The van der Waals surface area contributed by atoms with Crippen LogP contribution in [0.3, 0.4) is 0 Å². The average Bonchev–Trinajstić information content (AvgIpc) is 2.58. The number of methoxy groups -OCH3 is 2. The van der Waals surface area contributed by atoms with Gasteiger partial charge in [-0.05, 0) is 25.5 Å². The summed E-state index contributed by atoms with van der Waals surface area (Å²) in [5, 5.41) is 0. The third kappa shape index (κ3) is 5.11. The smallest absolute Gasteiger partial charge is 0.240 e. The van der Waals surface area contributed by atoms with Crippen LogP contribution in [-0.4, -0.2) is 35.8 Å². The minimum absolute atomic E-state index is 0.148. The van der Waals surface area contributed by atoms with E-state index in [0.29, 0.717) is 22.8 Å². The topological polar surface area (TPSA) is 73.9 Å². The molecule has 7 heteroatoms. The summed E-state index contributed by atoms with van der Waals surface area (Å²) in [6, 6.07) is 10.4. The Kier molecular flexibility index (Phi) is 6.27. The number of hydrogen-bond acceptors (Lipinski definition) is 5. The zero-order valence-corrected chi connectivity index (χ0v) is 15.6. The van der Waals surface area contributed by atoms with E-state index in [1.54, 1.807) is 51.5 Å². The van der Waals surface area contributed by atoms with Crippen molar-refractivity contribution in [1.82, 2.24) is 4.72 Å². The lowest BCUT2D eigenvalue weighted by atomic mass is 10.2. The highest BCUT2D eigenvalue weighted by atomic mass is 32.2. The van der Waals surface area contributed by atoms with Crippen LogP contribution in [0.25, 0.3) is 0 Å². The average molecular weight is 365 g/mol. The fraction of sp³-hybridized carbons (Fsp3) is 0.333. The highest BCUT2D eigenvalue weighted by Gasteiger charge is 2.16. The lowest BCUT2D eigenvalue weighted by Crippen LogP contribution is -2.28. The Morgan fingerprint density at radius 2 is 1.52 bits per heavy atom. The summed E-state index contributed by atoms with van der Waals surface area (Å²) in [7, 11) is -0.463. The van der Waals surface area contributed by atoms with Crippen LogP contribution >= 0.6 is 0 Å². The highest BCUT2D eigenvalue weighted by Crippen LogP contribution is 2.27. The van der Waals surface area contributed by atoms with Crippen molar-refractivity contribution >= 4 is 10.0 Å². The standard InChI is InChI=1S/C18H23NO5S/c1-13-5-6-18(14(2)9-13)25(20,21)19-7-8-24-17-11-15(22-3)10-16(12-17)23-4/h5-6,9-12,19H,7-8H2,1-4H3. The van der Waals surface area contributed by atoms with Crippen LogP contribution in [0.15, 0.2) is 41.3 Å². The zero-order valence-electron chi connectivity index (χ0n) is 14.8. The number of hydrogen-bond donors (Lipinski definition) is 1.